The molecule has 0 bridgehead atoms. The van der Waals surface area contributed by atoms with Crippen molar-refractivity contribution in [3.8, 4) is 0 Å². The Balaban J connectivity index is 2.38. The number of imide groups is 1. The minimum atomic E-state index is -0.206. The highest BCUT2D eigenvalue weighted by Crippen LogP contribution is 2.35. The second-order valence-corrected chi connectivity index (χ2v) is 5.42. The first kappa shape index (κ1) is 12.8. The quantitative estimate of drug-likeness (QED) is 0.813. The lowest BCUT2D eigenvalue weighted by molar-refractivity contribution is -0.137. The second-order valence-electron chi connectivity index (χ2n) is 5.42. The first-order valence-electron chi connectivity index (χ1n) is 6.39. The van der Waals surface area contributed by atoms with E-state index >= 15 is 0 Å². The number of hydrogen-bond donors (Lipinski definition) is 1. The van der Waals surface area contributed by atoms with Crippen molar-refractivity contribution in [1.82, 2.24) is 5.32 Å². The lowest BCUT2D eigenvalue weighted by Gasteiger charge is -2.33. The first-order chi connectivity index (χ1) is 8.49. The smallest absolute Gasteiger partial charge is 0.234 e. The van der Waals surface area contributed by atoms with E-state index in [1.54, 1.807) is 0 Å². The fraction of sp³-hybridized carbons (Fsp3) is 0.467. The molecule has 1 aliphatic heterocycles. The Morgan fingerprint density at radius 1 is 1.28 bits per heavy atom. The Hall–Kier alpha value is -1.64. The van der Waals surface area contributed by atoms with Gasteiger partial charge in [0.15, 0.2) is 0 Å². The molecule has 0 spiro atoms. The average Bonchev–Trinajstić information content (AvgIpc) is 2.27. The molecule has 1 fully saturated rings. The SMILES string of the molecule is Cc1cccc(C2C(=O)NC(=O)CC2C(C)C)c1. The number of aryl methyl sites for hydroxylation is 1. The van der Waals surface area contributed by atoms with E-state index in [1.807, 2.05) is 31.2 Å². The zero-order valence-corrected chi connectivity index (χ0v) is 11.1. The van der Waals surface area contributed by atoms with Gasteiger partial charge >= 0.3 is 0 Å². The summed E-state index contributed by atoms with van der Waals surface area (Å²) in [5.41, 5.74) is 2.15. The van der Waals surface area contributed by atoms with Crippen LogP contribution in [-0.2, 0) is 9.59 Å². The number of carbonyl (C=O) groups is 2. The van der Waals surface area contributed by atoms with Gasteiger partial charge in [-0.25, -0.2) is 0 Å². The fourth-order valence-corrected chi connectivity index (χ4v) is 2.68. The molecule has 3 heteroatoms. The zero-order valence-electron chi connectivity index (χ0n) is 11.1. The molecular weight excluding hydrogens is 226 g/mol. The van der Waals surface area contributed by atoms with Crippen LogP contribution >= 0.6 is 0 Å². The van der Waals surface area contributed by atoms with Gasteiger partial charge in [-0.05, 0) is 24.3 Å². The van der Waals surface area contributed by atoms with E-state index in [1.165, 1.54) is 0 Å². The largest absolute Gasteiger partial charge is 0.296 e. The van der Waals surface area contributed by atoms with Crippen molar-refractivity contribution >= 4 is 11.8 Å². The van der Waals surface area contributed by atoms with Crippen LogP contribution in [0.15, 0.2) is 24.3 Å². The monoisotopic (exact) mass is 245 g/mol. The number of benzene rings is 1. The molecule has 1 N–H and O–H groups in total. The summed E-state index contributed by atoms with van der Waals surface area (Å²) in [6, 6.07) is 7.99. The summed E-state index contributed by atoms with van der Waals surface area (Å²) in [4.78, 5) is 23.6. The van der Waals surface area contributed by atoms with Crippen LogP contribution in [0.4, 0.5) is 0 Å². The van der Waals surface area contributed by atoms with Gasteiger partial charge in [0.1, 0.15) is 0 Å². The third-order valence-electron chi connectivity index (χ3n) is 3.65. The van der Waals surface area contributed by atoms with Gasteiger partial charge in [0.2, 0.25) is 11.8 Å². The highest BCUT2D eigenvalue weighted by Gasteiger charge is 2.38. The number of piperidine rings is 1. The van der Waals surface area contributed by atoms with Crippen LogP contribution in [0.25, 0.3) is 0 Å². The molecule has 2 unspecified atom stereocenters. The second kappa shape index (κ2) is 4.92. The first-order valence-corrected chi connectivity index (χ1v) is 6.39. The molecule has 2 atom stereocenters. The molecule has 2 rings (SSSR count). The molecule has 2 amide bonds. The van der Waals surface area contributed by atoms with Crippen molar-refractivity contribution in [2.24, 2.45) is 11.8 Å². The summed E-state index contributed by atoms with van der Waals surface area (Å²) in [6.07, 6.45) is 0.433. The van der Waals surface area contributed by atoms with Crippen LogP contribution < -0.4 is 5.32 Å². The lowest BCUT2D eigenvalue weighted by atomic mass is 9.74. The maximum Gasteiger partial charge on any atom is 0.234 e. The summed E-state index contributed by atoms with van der Waals surface area (Å²) < 4.78 is 0. The third-order valence-corrected chi connectivity index (χ3v) is 3.65. The van der Waals surface area contributed by atoms with Crippen LogP contribution in [0.2, 0.25) is 0 Å². The standard InChI is InChI=1S/C15H19NO2/c1-9(2)12-8-13(17)16-15(18)14(12)11-6-4-5-10(3)7-11/h4-7,9,12,14H,8H2,1-3H3,(H,16,17,18). The van der Waals surface area contributed by atoms with Gasteiger partial charge < -0.3 is 0 Å². The van der Waals surface area contributed by atoms with Crippen molar-refractivity contribution in [2.45, 2.75) is 33.1 Å². The normalized spacial score (nSPS) is 24.2. The minimum Gasteiger partial charge on any atom is -0.296 e. The summed E-state index contributed by atoms with van der Waals surface area (Å²) in [7, 11) is 0. The van der Waals surface area contributed by atoms with Crippen molar-refractivity contribution in [3.05, 3.63) is 35.4 Å². The third kappa shape index (κ3) is 2.45. The van der Waals surface area contributed by atoms with Gasteiger partial charge in [-0.2, -0.15) is 0 Å². The highest BCUT2D eigenvalue weighted by atomic mass is 16.2. The summed E-state index contributed by atoms with van der Waals surface area (Å²) in [5.74, 6) is -0.112. The lowest BCUT2D eigenvalue weighted by Crippen LogP contribution is -2.45. The molecule has 0 saturated carbocycles. The van der Waals surface area contributed by atoms with E-state index in [4.69, 9.17) is 0 Å². The van der Waals surface area contributed by atoms with E-state index in [2.05, 4.69) is 19.2 Å². The molecule has 1 aliphatic rings. The Labute approximate surface area is 108 Å². The molecule has 0 aromatic heterocycles. The maximum absolute atomic E-state index is 12.1. The van der Waals surface area contributed by atoms with Crippen LogP contribution in [0, 0.1) is 18.8 Å². The molecule has 0 radical (unpaired) electrons. The fourth-order valence-electron chi connectivity index (χ4n) is 2.68. The molecule has 1 aromatic rings. The predicted octanol–water partition coefficient (Wildman–Crippen LogP) is 2.40. The van der Waals surface area contributed by atoms with Crippen LogP contribution in [0.1, 0.15) is 37.3 Å². The van der Waals surface area contributed by atoms with Gasteiger partial charge in [-0.15, -0.1) is 0 Å². The maximum atomic E-state index is 12.1. The molecule has 1 heterocycles. The van der Waals surface area contributed by atoms with Crippen LogP contribution in [-0.4, -0.2) is 11.8 Å². The Bertz CT molecular complexity index is 479. The van der Waals surface area contributed by atoms with Gasteiger partial charge in [-0.1, -0.05) is 43.7 Å². The van der Waals surface area contributed by atoms with E-state index in [0.717, 1.165) is 11.1 Å². The molecule has 3 nitrogen and oxygen atoms in total. The topological polar surface area (TPSA) is 46.2 Å². The van der Waals surface area contributed by atoms with Gasteiger partial charge in [0.25, 0.3) is 0 Å². The number of amides is 2. The Morgan fingerprint density at radius 3 is 2.61 bits per heavy atom. The molecule has 1 aromatic carbocycles. The zero-order chi connectivity index (χ0) is 13.3. The number of carbonyl (C=O) groups excluding carboxylic acids is 2. The van der Waals surface area contributed by atoms with E-state index in [-0.39, 0.29) is 23.7 Å². The van der Waals surface area contributed by atoms with E-state index in [0.29, 0.717) is 12.3 Å². The van der Waals surface area contributed by atoms with Crippen LogP contribution in [0.5, 0.6) is 0 Å². The summed E-state index contributed by atoms with van der Waals surface area (Å²) in [6.45, 7) is 6.15. The van der Waals surface area contributed by atoms with Crippen molar-refractivity contribution < 1.29 is 9.59 Å². The van der Waals surface area contributed by atoms with E-state index < -0.39 is 0 Å². The highest BCUT2D eigenvalue weighted by molar-refractivity contribution is 6.01. The Kier molecular flexibility index (Phi) is 3.50. The van der Waals surface area contributed by atoms with Crippen molar-refractivity contribution in [2.75, 3.05) is 0 Å². The Morgan fingerprint density at radius 2 is 2.00 bits per heavy atom. The summed E-state index contributed by atoms with van der Waals surface area (Å²) >= 11 is 0. The van der Waals surface area contributed by atoms with Crippen molar-refractivity contribution in [3.63, 3.8) is 0 Å². The van der Waals surface area contributed by atoms with Gasteiger partial charge in [0, 0.05) is 6.42 Å². The number of rotatable bonds is 2. The number of nitrogens with one attached hydrogen (secondary N) is 1. The number of hydrogen-bond acceptors (Lipinski definition) is 2. The average molecular weight is 245 g/mol. The van der Waals surface area contributed by atoms with Crippen molar-refractivity contribution in [1.29, 1.82) is 0 Å². The molecule has 96 valence electrons. The molecule has 18 heavy (non-hydrogen) atoms. The van der Waals surface area contributed by atoms with Crippen LogP contribution in [0.3, 0.4) is 0 Å². The predicted molar refractivity (Wildman–Crippen MR) is 70.0 cm³/mol. The minimum absolute atomic E-state index is 0.0908. The van der Waals surface area contributed by atoms with Gasteiger partial charge in [0.05, 0.1) is 5.92 Å². The summed E-state index contributed by atoms with van der Waals surface area (Å²) in [5, 5.41) is 2.45. The van der Waals surface area contributed by atoms with E-state index in [9.17, 15) is 9.59 Å². The molecule has 0 aliphatic carbocycles. The molecule has 1 saturated heterocycles. The molecular formula is C15H19NO2. The van der Waals surface area contributed by atoms with Gasteiger partial charge in [-0.3, -0.25) is 14.9 Å².